The highest BCUT2D eigenvalue weighted by molar-refractivity contribution is 5.86. The Labute approximate surface area is 135 Å². The topological polar surface area (TPSA) is 32.8 Å². The SMILES string of the molecule is CN(C(=O)C1(N2CCOCC2)CCCCC1)C1CCCCC1. The van der Waals surface area contributed by atoms with Crippen LogP contribution in [0.5, 0.6) is 0 Å². The van der Waals surface area contributed by atoms with Crippen LogP contribution < -0.4 is 0 Å². The van der Waals surface area contributed by atoms with Gasteiger partial charge in [0, 0.05) is 26.2 Å². The van der Waals surface area contributed by atoms with E-state index in [1.807, 2.05) is 0 Å². The maximum absolute atomic E-state index is 13.5. The van der Waals surface area contributed by atoms with E-state index >= 15 is 0 Å². The number of hydrogen-bond acceptors (Lipinski definition) is 3. The van der Waals surface area contributed by atoms with Crippen LogP contribution in [0.3, 0.4) is 0 Å². The summed E-state index contributed by atoms with van der Waals surface area (Å²) in [6, 6.07) is 0.473. The number of ether oxygens (including phenoxy) is 1. The van der Waals surface area contributed by atoms with Gasteiger partial charge in [-0.05, 0) is 25.7 Å². The molecule has 1 amide bonds. The van der Waals surface area contributed by atoms with E-state index in [1.54, 1.807) is 0 Å². The normalized spacial score (nSPS) is 27.5. The predicted molar refractivity (Wildman–Crippen MR) is 87.9 cm³/mol. The van der Waals surface area contributed by atoms with Gasteiger partial charge < -0.3 is 9.64 Å². The molecule has 1 heterocycles. The molecule has 3 rings (SSSR count). The van der Waals surface area contributed by atoms with Crippen molar-refractivity contribution >= 4 is 5.91 Å². The molecule has 1 aliphatic heterocycles. The van der Waals surface area contributed by atoms with Crippen molar-refractivity contribution in [3.05, 3.63) is 0 Å². The minimum atomic E-state index is -0.228. The molecule has 0 radical (unpaired) electrons. The summed E-state index contributed by atoms with van der Waals surface area (Å²) < 4.78 is 5.53. The van der Waals surface area contributed by atoms with Crippen LogP contribution in [0.15, 0.2) is 0 Å². The number of rotatable bonds is 3. The highest BCUT2D eigenvalue weighted by atomic mass is 16.5. The van der Waals surface area contributed by atoms with Crippen molar-refractivity contribution in [2.45, 2.75) is 75.8 Å². The lowest BCUT2D eigenvalue weighted by Gasteiger charge is -2.49. The molecule has 0 spiro atoms. The van der Waals surface area contributed by atoms with E-state index in [0.29, 0.717) is 11.9 Å². The number of hydrogen-bond donors (Lipinski definition) is 0. The second-order valence-corrected chi connectivity index (χ2v) is 7.40. The number of carbonyl (C=O) groups excluding carboxylic acids is 1. The van der Waals surface area contributed by atoms with Gasteiger partial charge in [-0.3, -0.25) is 9.69 Å². The lowest BCUT2D eigenvalue weighted by Crippen LogP contribution is -2.63. The molecule has 0 bridgehead atoms. The van der Waals surface area contributed by atoms with Gasteiger partial charge in [0.1, 0.15) is 5.54 Å². The van der Waals surface area contributed by atoms with Crippen LogP contribution in [-0.2, 0) is 9.53 Å². The molecular formula is C18H32N2O2. The average Bonchev–Trinajstić information content (AvgIpc) is 2.62. The average molecular weight is 308 g/mol. The molecule has 4 heteroatoms. The number of likely N-dealkylation sites (N-methyl/N-ethyl adjacent to an activating group) is 1. The molecule has 2 aliphatic carbocycles. The zero-order valence-corrected chi connectivity index (χ0v) is 14.2. The molecule has 3 fully saturated rings. The first kappa shape index (κ1) is 16.3. The van der Waals surface area contributed by atoms with Crippen molar-refractivity contribution in [2.75, 3.05) is 33.4 Å². The molecule has 22 heavy (non-hydrogen) atoms. The van der Waals surface area contributed by atoms with Crippen LogP contribution in [-0.4, -0.2) is 60.6 Å². The van der Waals surface area contributed by atoms with Crippen molar-refractivity contribution in [1.29, 1.82) is 0 Å². The second-order valence-electron chi connectivity index (χ2n) is 7.40. The van der Waals surface area contributed by atoms with Crippen LogP contribution in [0.2, 0.25) is 0 Å². The second kappa shape index (κ2) is 7.31. The maximum Gasteiger partial charge on any atom is 0.243 e. The molecule has 126 valence electrons. The van der Waals surface area contributed by atoms with Crippen LogP contribution in [0.1, 0.15) is 64.2 Å². The molecule has 0 atom stereocenters. The summed E-state index contributed by atoms with van der Waals surface area (Å²) >= 11 is 0. The van der Waals surface area contributed by atoms with Crippen LogP contribution in [0, 0.1) is 0 Å². The van der Waals surface area contributed by atoms with Gasteiger partial charge in [-0.2, -0.15) is 0 Å². The maximum atomic E-state index is 13.5. The number of carbonyl (C=O) groups is 1. The predicted octanol–water partition coefficient (Wildman–Crippen LogP) is 2.81. The van der Waals surface area contributed by atoms with Gasteiger partial charge in [-0.15, -0.1) is 0 Å². The van der Waals surface area contributed by atoms with Crippen molar-refractivity contribution in [3.8, 4) is 0 Å². The first-order valence-corrected chi connectivity index (χ1v) is 9.34. The molecule has 0 N–H and O–H groups in total. The zero-order valence-electron chi connectivity index (χ0n) is 14.2. The molecule has 0 unspecified atom stereocenters. The largest absolute Gasteiger partial charge is 0.379 e. The molecule has 0 aromatic carbocycles. The monoisotopic (exact) mass is 308 g/mol. The molecule has 0 aromatic heterocycles. The summed E-state index contributed by atoms with van der Waals surface area (Å²) in [5, 5.41) is 0. The van der Waals surface area contributed by atoms with Gasteiger partial charge in [0.2, 0.25) is 5.91 Å². The highest BCUT2D eigenvalue weighted by Crippen LogP contribution is 2.37. The summed E-state index contributed by atoms with van der Waals surface area (Å²) in [4.78, 5) is 18.0. The fourth-order valence-corrected chi connectivity index (χ4v) is 4.76. The van der Waals surface area contributed by atoms with E-state index in [-0.39, 0.29) is 5.54 Å². The Morgan fingerprint density at radius 3 is 2.23 bits per heavy atom. The van der Waals surface area contributed by atoms with E-state index in [2.05, 4.69) is 16.8 Å². The van der Waals surface area contributed by atoms with Gasteiger partial charge in [0.05, 0.1) is 13.2 Å². The van der Waals surface area contributed by atoms with Crippen LogP contribution in [0.4, 0.5) is 0 Å². The number of nitrogens with zero attached hydrogens (tertiary/aromatic N) is 2. The van der Waals surface area contributed by atoms with E-state index in [9.17, 15) is 4.79 Å². The van der Waals surface area contributed by atoms with Gasteiger partial charge in [0.25, 0.3) is 0 Å². The summed E-state index contributed by atoms with van der Waals surface area (Å²) in [7, 11) is 2.06. The fraction of sp³-hybridized carbons (Fsp3) is 0.944. The van der Waals surface area contributed by atoms with Crippen molar-refractivity contribution in [1.82, 2.24) is 9.80 Å². The van der Waals surface area contributed by atoms with Crippen molar-refractivity contribution in [3.63, 3.8) is 0 Å². The number of morpholine rings is 1. The van der Waals surface area contributed by atoms with E-state index in [0.717, 1.165) is 39.1 Å². The van der Waals surface area contributed by atoms with E-state index < -0.39 is 0 Å². The van der Waals surface area contributed by atoms with Crippen molar-refractivity contribution in [2.24, 2.45) is 0 Å². The Morgan fingerprint density at radius 1 is 1.00 bits per heavy atom. The summed E-state index contributed by atoms with van der Waals surface area (Å²) in [6.45, 7) is 3.40. The van der Waals surface area contributed by atoms with Gasteiger partial charge in [0.15, 0.2) is 0 Å². The Bertz CT molecular complexity index is 367. The summed E-state index contributed by atoms with van der Waals surface area (Å²) in [5.41, 5.74) is -0.228. The van der Waals surface area contributed by atoms with Gasteiger partial charge in [-0.1, -0.05) is 38.5 Å². The third-order valence-electron chi connectivity index (χ3n) is 6.14. The van der Waals surface area contributed by atoms with Crippen LogP contribution in [0.25, 0.3) is 0 Å². The minimum Gasteiger partial charge on any atom is -0.379 e. The summed E-state index contributed by atoms with van der Waals surface area (Å²) in [5.74, 6) is 0.404. The minimum absolute atomic E-state index is 0.228. The molecule has 1 saturated heterocycles. The smallest absolute Gasteiger partial charge is 0.243 e. The Hall–Kier alpha value is -0.610. The van der Waals surface area contributed by atoms with Crippen molar-refractivity contribution < 1.29 is 9.53 Å². The van der Waals surface area contributed by atoms with Crippen LogP contribution >= 0.6 is 0 Å². The Kier molecular flexibility index (Phi) is 5.40. The molecule has 0 aromatic rings. The quantitative estimate of drug-likeness (QED) is 0.804. The van der Waals surface area contributed by atoms with Gasteiger partial charge >= 0.3 is 0 Å². The third-order valence-corrected chi connectivity index (χ3v) is 6.14. The Morgan fingerprint density at radius 2 is 1.59 bits per heavy atom. The van der Waals surface area contributed by atoms with E-state index in [1.165, 1.54) is 51.4 Å². The standard InChI is InChI=1S/C18H32N2O2/c1-19(16-8-4-2-5-9-16)17(21)18(10-6-3-7-11-18)20-12-14-22-15-13-20/h16H,2-15H2,1H3. The lowest BCUT2D eigenvalue weighted by molar-refractivity contribution is -0.152. The first-order valence-electron chi connectivity index (χ1n) is 9.34. The zero-order chi connectivity index (χ0) is 15.4. The Balaban J connectivity index is 1.76. The third kappa shape index (κ3) is 3.18. The molecule has 3 aliphatic rings. The molecule has 2 saturated carbocycles. The lowest BCUT2D eigenvalue weighted by atomic mass is 9.78. The highest BCUT2D eigenvalue weighted by Gasteiger charge is 2.47. The fourth-order valence-electron chi connectivity index (χ4n) is 4.76. The molecular weight excluding hydrogens is 276 g/mol. The summed E-state index contributed by atoms with van der Waals surface area (Å²) in [6.07, 6.45) is 12.1. The van der Waals surface area contributed by atoms with E-state index in [4.69, 9.17) is 4.74 Å². The number of amides is 1. The molecule has 4 nitrogen and oxygen atoms in total. The van der Waals surface area contributed by atoms with Gasteiger partial charge in [-0.25, -0.2) is 0 Å². The first-order chi connectivity index (χ1) is 10.7.